The summed E-state index contributed by atoms with van der Waals surface area (Å²) in [6, 6.07) is 0. The summed E-state index contributed by atoms with van der Waals surface area (Å²) in [4.78, 5) is 11.2. The van der Waals surface area contributed by atoms with Crippen molar-refractivity contribution in [3.63, 3.8) is 0 Å². The molecule has 150 valence electrons. The number of methoxy groups -OCH3 is 1. The van der Waals surface area contributed by atoms with Gasteiger partial charge in [0.25, 0.3) is 0 Å². The van der Waals surface area contributed by atoms with Crippen LogP contribution in [0.25, 0.3) is 0 Å². The first-order valence-corrected chi connectivity index (χ1v) is 10.5. The zero-order valence-corrected chi connectivity index (χ0v) is 17.4. The maximum atomic E-state index is 11.2. The average Bonchev–Trinajstić information content (AvgIpc) is 3.17. The summed E-state index contributed by atoms with van der Waals surface area (Å²) in [5, 5.41) is 10.4. The van der Waals surface area contributed by atoms with Crippen LogP contribution in [0.5, 0.6) is 0 Å². The summed E-state index contributed by atoms with van der Waals surface area (Å²) < 4.78 is 4.70. The van der Waals surface area contributed by atoms with Crippen LogP contribution >= 0.6 is 0 Å². The molecule has 0 saturated heterocycles. The Morgan fingerprint density at radius 1 is 1.41 bits per heavy atom. The van der Waals surface area contributed by atoms with Gasteiger partial charge in [-0.15, -0.1) is 11.8 Å². The molecule has 0 spiro atoms. The number of fused-ring (bicyclic) bond motifs is 1. The van der Waals surface area contributed by atoms with Crippen LogP contribution in [0.15, 0.2) is 23.8 Å². The van der Waals surface area contributed by atoms with Crippen molar-refractivity contribution in [1.82, 2.24) is 0 Å². The van der Waals surface area contributed by atoms with E-state index in [2.05, 4.69) is 37.8 Å². The summed E-state index contributed by atoms with van der Waals surface area (Å²) in [5.41, 5.74) is 1.56. The van der Waals surface area contributed by atoms with Crippen molar-refractivity contribution in [3.8, 4) is 11.8 Å². The average molecular weight is 373 g/mol. The molecule has 2 aliphatic carbocycles. The first kappa shape index (κ1) is 21.8. The molecular weight excluding hydrogens is 336 g/mol. The molecule has 2 saturated carbocycles. The number of unbranched alkanes of at least 4 members (excludes halogenated alkanes) is 1. The number of allylic oxidation sites excluding steroid dienone is 3. The van der Waals surface area contributed by atoms with Crippen molar-refractivity contribution < 1.29 is 14.6 Å². The van der Waals surface area contributed by atoms with Gasteiger partial charge in [-0.1, -0.05) is 37.6 Å². The Morgan fingerprint density at radius 2 is 2.19 bits per heavy atom. The number of aliphatic hydroxyl groups excluding tert-OH is 1. The number of aliphatic hydroxyl groups is 1. The Morgan fingerprint density at radius 3 is 2.89 bits per heavy atom. The molecule has 0 heterocycles. The van der Waals surface area contributed by atoms with Gasteiger partial charge in [0, 0.05) is 12.8 Å². The van der Waals surface area contributed by atoms with E-state index in [1.165, 1.54) is 26.4 Å². The van der Waals surface area contributed by atoms with Crippen LogP contribution in [-0.4, -0.2) is 24.3 Å². The lowest BCUT2D eigenvalue weighted by atomic mass is 9.86. The highest BCUT2D eigenvalue weighted by atomic mass is 16.5. The first-order valence-electron chi connectivity index (χ1n) is 10.5. The molecule has 0 aromatic heterocycles. The Balaban J connectivity index is 1.87. The van der Waals surface area contributed by atoms with Crippen LogP contribution in [0.4, 0.5) is 0 Å². The van der Waals surface area contributed by atoms with Gasteiger partial charge in [-0.05, 0) is 68.6 Å². The SMILES string of the molecule is CC#CC[C@H](C)[C@H](O)/C=C/[C@@H]1[C@H]2C/C(=C/CCCC(=O)OC)C[C@H]2C[C@H]1C. The number of rotatable bonds is 8. The number of hydrogen-bond acceptors (Lipinski definition) is 3. The second kappa shape index (κ2) is 10.7. The third-order valence-electron chi connectivity index (χ3n) is 6.41. The molecule has 0 amide bonds. The molecule has 0 radical (unpaired) electrons. The molecule has 3 heteroatoms. The van der Waals surface area contributed by atoms with Gasteiger partial charge in [0.15, 0.2) is 0 Å². The molecule has 2 fully saturated rings. The molecule has 3 nitrogen and oxygen atoms in total. The van der Waals surface area contributed by atoms with Crippen LogP contribution in [0.1, 0.15) is 65.7 Å². The Bertz CT molecular complexity index is 607. The van der Waals surface area contributed by atoms with E-state index in [1.807, 2.05) is 13.0 Å². The normalized spacial score (nSPS) is 30.8. The molecular formula is C24H36O3. The van der Waals surface area contributed by atoms with E-state index in [9.17, 15) is 9.90 Å². The second-order valence-corrected chi connectivity index (χ2v) is 8.44. The van der Waals surface area contributed by atoms with Crippen molar-refractivity contribution in [2.45, 2.75) is 71.8 Å². The minimum atomic E-state index is -0.410. The van der Waals surface area contributed by atoms with Gasteiger partial charge in [0.05, 0.1) is 13.2 Å². The maximum absolute atomic E-state index is 11.2. The van der Waals surface area contributed by atoms with Gasteiger partial charge in [0.1, 0.15) is 0 Å². The van der Waals surface area contributed by atoms with Gasteiger partial charge in [-0.25, -0.2) is 0 Å². The van der Waals surface area contributed by atoms with Gasteiger partial charge in [-0.3, -0.25) is 4.79 Å². The maximum Gasteiger partial charge on any atom is 0.305 e. The zero-order valence-electron chi connectivity index (χ0n) is 17.4. The standard InChI is InChI=1S/C24H36O3/c1-5-6-9-17(2)23(25)13-12-21-18(3)14-20-15-19(16-22(20)21)10-7-8-11-24(26)27-4/h10,12-13,17-18,20-23,25H,7-9,11,14-16H2,1-4H3/b13-12+,19-10+/t17-,18+,20+,21-,22-,23+/m0/s1. The third kappa shape index (κ3) is 6.25. The lowest BCUT2D eigenvalue weighted by molar-refractivity contribution is -0.140. The van der Waals surface area contributed by atoms with Gasteiger partial charge in [-0.2, -0.15) is 0 Å². The highest BCUT2D eigenvalue weighted by Gasteiger charge is 2.43. The lowest BCUT2D eigenvalue weighted by Crippen LogP contribution is -2.16. The minimum Gasteiger partial charge on any atom is -0.469 e. The lowest BCUT2D eigenvalue weighted by Gasteiger charge is -2.19. The van der Waals surface area contributed by atoms with E-state index in [4.69, 9.17) is 4.74 Å². The van der Waals surface area contributed by atoms with E-state index in [0.717, 1.165) is 25.2 Å². The fraction of sp³-hybridized carbons (Fsp3) is 0.708. The number of esters is 1. The van der Waals surface area contributed by atoms with Crippen molar-refractivity contribution in [3.05, 3.63) is 23.8 Å². The van der Waals surface area contributed by atoms with Crippen molar-refractivity contribution in [2.75, 3.05) is 7.11 Å². The monoisotopic (exact) mass is 372 g/mol. The van der Waals surface area contributed by atoms with Crippen molar-refractivity contribution in [2.24, 2.45) is 29.6 Å². The van der Waals surface area contributed by atoms with E-state index in [0.29, 0.717) is 24.2 Å². The minimum absolute atomic E-state index is 0.117. The summed E-state index contributed by atoms with van der Waals surface area (Å²) >= 11 is 0. The summed E-state index contributed by atoms with van der Waals surface area (Å²) in [7, 11) is 1.45. The Kier molecular flexibility index (Phi) is 8.64. The smallest absolute Gasteiger partial charge is 0.305 e. The van der Waals surface area contributed by atoms with E-state index in [-0.39, 0.29) is 11.9 Å². The van der Waals surface area contributed by atoms with Crippen LogP contribution in [0, 0.1) is 41.4 Å². The molecule has 0 aromatic carbocycles. The first-order chi connectivity index (χ1) is 13.0. The molecule has 27 heavy (non-hydrogen) atoms. The van der Waals surface area contributed by atoms with Crippen LogP contribution in [0.2, 0.25) is 0 Å². The fourth-order valence-corrected chi connectivity index (χ4v) is 4.78. The van der Waals surface area contributed by atoms with Crippen molar-refractivity contribution in [1.29, 1.82) is 0 Å². The highest BCUT2D eigenvalue weighted by Crippen LogP contribution is 2.53. The van der Waals surface area contributed by atoms with E-state index < -0.39 is 6.10 Å². The molecule has 1 N–H and O–H groups in total. The highest BCUT2D eigenvalue weighted by molar-refractivity contribution is 5.69. The zero-order chi connectivity index (χ0) is 19.8. The summed E-state index contributed by atoms with van der Waals surface area (Å²) in [5.74, 6) is 8.77. The molecule has 6 atom stereocenters. The molecule has 2 aliphatic rings. The molecule has 0 aliphatic heterocycles. The van der Waals surface area contributed by atoms with E-state index >= 15 is 0 Å². The number of carbonyl (C=O) groups is 1. The summed E-state index contributed by atoms with van der Waals surface area (Å²) in [6.07, 6.45) is 13.0. The number of carbonyl (C=O) groups excluding carboxylic acids is 1. The molecule has 2 rings (SSSR count). The van der Waals surface area contributed by atoms with Crippen LogP contribution in [-0.2, 0) is 9.53 Å². The van der Waals surface area contributed by atoms with Gasteiger partial charge >= 0.3 is 5.97 Å². The quantitative estimate of drug-likeness (QED) is 0.285. The Labute approximate surface area is 165 Å². The number of hydrogen-bond donors (Lipinski definition) is 1. The fourth-order valence-electron chi connectivity index (χ4n) is 4.78. The Hall–Kier alpha value is -1.53. The molecule has 0 unspecified atom stereocenters. The van der Waals surface area contributed by atoms with Crippen LogP contribution < -0.4 is 0 Å². The largest absolute Gasteiger partial charge is 0.469 e. The van der Waals surface area contributed by atoms with Crippen molar-refractivity contribution >= 4 is 5.97 Å². The predicted molar refractivity (Wildman–Crippen MR) is 110 cm³/mol. The number of ether oxygens (including phenoxy) is 1. The molecule has 0 bridgehead atoms. The van der Waals surface area contributed by atoms with Gasteiger partial charge in [0.2, 0.25) is 0 Å². The third-order valence-corrected chi connectivity index (χ3v) is 6.41. The molecule has 0 aromatic rings. The second-order valence-electron chi connectivity index (χ2n) is 8.44. The summed E-state index contributed by atoms with van der Waals surface area (Å²) in [6.45, 7) is 6.26. The van der Waals surface area contributed by atoms with Crippen LogP contribution in [0.3, 0.4) is 0 Å². The van der Waals surface area contributed by atoms with E-state index in [1.54, 1.807) is 5.57 Å². The topological polar surface area (TPSA) is 46.5 Å². The predicted octanol–water partition coefficient (Wildman–Crippen LogP) is 4.90. The van der Waals surface area contributed by atoms with Gasteiger partial charge < -0.3 is 9.84 Å².